The Hall–Kier alpha value is -0.820. The molecule has 0 aromatic heterocycles. The van der Waals surface area contributed by atoms with E-state index in [1.54, 1.807) is 0 Å². The van der Waals surface area contributed by atoms with Crippen molar-refractivity contribution in [3.8, 4) is 0 Å². The maximum absolute atomic E-state index is 12.0. The Morgan fingerprint density at radius 1 is 0.538 bits per heavy atom. The molecule has 0 aromatic rings. The highest BCUT2D eigenvalue weighted by atomic mass is 32.3. The molecule has 19 heteroatoms. The van der Waals surface area contributed by atoms with Crippen molar-refractivity contribution in [3.63, 3.8) is 0 Å². The minimum Gasteiger partial charge on any atom is -0.324 e. The van der Waals surface area contributed by atoms with Crippen LogP contribution in [0.1, 0.15) is 78.1 Å². The van der Waals surface area contributed by atoms with Crippen LogP contribution >= 0.6 is 0 Å². The molecule has 0 radical (unpaired) electrons. The Bertz CT molecular complexity index is 943. The van der Waals surface area contributed by atoms with Crippen molar-refractivity contribution >= 4 is 29.5 Å². The molecule has 1 aliphatic rings. The van der Waals surface area contributed by atoms with Gasteiger partial charge in [0.25, 0.3) is 0 Å². The van der Waals surface area contributed by atoms with Crippen LogP contribution in [-0.4, -0.2) is 72.4 Å². The Kier molecular flexibility index (Phi) is 14.1. The third-order valence-electron chi connectivity index (χ3n) is 6.06. The molecule has 0 spiro atoms. The van der Waals surface area contributed by atoms with Gasteiger partial charge in [0, 0.05) is 12.8 Å². The van der Waals surface area contributed by atoms with E-state index in [9.17, 15) is 64.8 Å². The lowest BCUT2D eigenvalue weighted by Crippen LogP contribution is -2.47. The highest BCUT2D eigenvalue weighted by Gasteiger charge is 2.63. The molecule has 0 bridgehead atoms. The lowest BCUT2D eigenvalue weighted by atomic mass is 10.1. The van der Waals surface area contributed by atoms with Crippen LogP contribution in [0.4, 0.5) is 39.5 Å². The summed E-state index contributed by atoms with van der Waals surface area (Å²) in [6, 6.07) is 0. The fourth-order valence-corrected chi connectivity index (χ4v) is 9.76. The zero-order chi connectivity index (χ0) is 31.0. The topological polar surface area (TPSA) is 102 Å². The average molecular weight is 652 g/mol. The van der Waals surface area contributed by atoms with E-state index < -0.39 is 50.0 Å². The maximum atomic E-state index is 12.0. The van der Waals surface area contributed by atoms with Crippen LogP contribution < -0.4 is 0 Å². The minimum absolute atomic E-state index is 1.37. The zero-order valence-electron chi connectivity index (χ0n) is 21.4. The minimum atomic E-state index is -8.02. The molecular formula is C20H34F9NO6S3. The van der Waals surface area contributed by atoms with Crippen LogP contribution in [0.3, 0.4) is 0 Å². The summed E-state index contributed by atoms with van der Waals surface area (Å²) >= 11 is 0. The van der Waals surface area contributed by atoms with Gasteiger partial charge in [-0.25, -0.2) is 0 Å². The van der Waals surface area contributed by atoms with Gasteiger partial charge in [-0.15, -0.1) is 0 Å². The number of likely N-dealkylation sites (tertiary alicyclic amines) is 1. The Balaban J connectivity index is 0.000000763. The summed E-state index contributed by atoms with van der Waals surface area (Å²) in [6.07, 6.45) is 14.5. The van der Waals surface area contributed by atoms with E-state index in [-0.39, 0.29) is 0 Å². The normalized spacial score (nSPS) is 17.2. The molecule has 1 heterocycles. The molecule has 0 saturated carbocycles. The lowest BCUT2D eigenvalue weighted by molar-refractivity contribution is -0.917. The summed E-state index contributed by atoms with van der Waals surface area (Å²) in [5, 5.41) is 0. The van der Waals surface area contributed by atoms with Crippen LogP contribution in [0.15, 0.2) is 0 Å². The number of alkyl halides is 9. The number of rotatable bonds is 13. The quantitative estimate of drug-likeness (QED) is 0.105. The van der Waals surface area contributed by atoms with Crippen LogP contribution in [0.25, 0.3) is 0 Å². The van der Waals surface area contributed by atoms with Gasteiger partial charge >= 0.3 is 16.5 Å². The lowest BCUT2D eigenvalue weighted by Gasteiger charge is -2.34. The van der Waals surface area contributed by atoms with E-state index >= 15 is 0 Å². The molecule has 1 aliphatic heterocycles. The van der Waals surface area contributed by atoms with Gasteiger partial charge in [-0.1, -0.05) is 39.5 Å². The van der Waals surface area contributed by atoms with Crippen LogP contribution in [0, 0.1) is 3.91 Å². The molecule has 0 atom stereocenters. The van der Waals surface area contributed by atoms with Gasteiger partial charge in [0.05, 0.1) is 30.1 Å². The molecule has 1 fully saturated rings. The fraction of sp³-hybridized carbons (Fsp3) is 0.950. The number of hydrogen-bond donors (Lipinski definition) is 0. The first-order valence-electron chi connectivity index (χ1n) is 12.1. The van der Waals surface area contributed by atoms with Gasteiger partial charge in [0.2, 0.25) is 0 Å². The number of unbranched alkanes of at least 4 members (excludes halogenated alkanes) is 6. The van der Waals surface area contributed by atoms with Crippen LogP contribution in [0.5, 0.6) is 0 Å². The summed E-state index contributed by atoms with van der Waals surface area (Å²) < 4.78 is 169. The molecule has 0 amide bonds. The maximum Gasteiger partial charge on any atom is 0.470 e. The first kappa shape index (κ1) is 38.2. The monoisotopic (exact) mass is 651 g/mol. The molecule has 0 aliphatic carbocycles. The van der Waals surface area contributed by atoms with Crippen molar-refractivity contribution in [3.05, 3.63) is 3.91 Å². The molecule has 1 rings (SSSR count). The second-order valence-corrected chi connectivity index (χ2v) is 15.6. The van der Waals surface area contributed by atoms with E-state index in [1.807, 2.05) is 0 Å². The van der Waals surface area contributed by atoms with E-state index in [1.165, 1.54) is 94.9 Å². The first-order valence-corrected chi connectivity index (χ1v) is 16.6. The molecular weight excluding hydrogens is 617 g/mol. The van der Waals surface area contributed by atoms with Crippen molar-refractivity contribution in [2.45, 2.75) is 94.6 Å². The van der Waals surface area contributed by atoms with E-state index in [0.717, 1.165) is 0 Å². The number of hydrogen-bond acceptors (Lipinski definition) is 6. The predicted molar refractivity (Wildman–Crippen MR) is 125 cm³/mol. The number of sulfone groups is 3. The van der Waals surface area contributed by atoms with Gasteiger partial charge in [-0.2, -0.15) is 39.5 Å². The number of nitrogens with zero attached hydrogens (tertiary/aromatic N) is 1. The summed E-state index contributed by atoms with van der Waals surface area (Å²) in [7, 11) is -24.1. The molecule has 0 N–H and O–H groups in total. The van der Waals surface area contributed by atoms with Crippen molar-refractivity contribution in [1.29, 1.82) is 0 Å². The Morgan fingerprint density at radius 3 is 1.05 bits per heavy atom. The number of halogens is 9. The number of quaternary nitrogens is 1. The molecule has 0 unspecified atom stereocenters. The van der Waals surface area contributed by atoms with Gasteiger partial charge < -0.3 is 4.48 Å². The summed E-state index contributed by atoms with van der Waals surface area (Å²) in [6.45, 7) is 10.5. The standard InChI is InChI=1S/C16H34N.C4F9O6S3/c1-3-5-7-9-13-17(15-11-12-16-17)14-10-8-6-4-2;5-2(6,7)20(14,15)1(21(16,17)3(8,9)10)22(18,19)4(11,12)13/h3-16H2,1-2H3;/q+1;-1. The Labute approximate surface area is 223 Å². The largest absolute Gasteiger partial charge is 0.470 e. The molecule has 7 nitrogen and oxygen atoms in total. The van der Waals surface area contributed by atoms with E-state index in [0.29, 0.717) is 0 Å². The molecule has 1 saturated heterocycles. The highest BCUT2D eigenvalue weighted by Crippen LogP contribution is 2.47. The van der Waals surface area contributed by atoms with E-state index in [4.69, 9.17) is 0 Å². The highest BCUT2D eigenvalue weighted by molar-refractivity contribution is 8.29. The molecule has 236 valence electrons. The van der Waals surface area contributed by atoms with Gasteiger partial charge in [-0.05, 0) is 25.7 Å². The summed E-state index contributed by atoms with van der Waals surface area (Å²) in [5.74, 6) is 0. The molecule has 0 aromatic carbocycles. The first-order chi connectivity index (χ1) is 17.4. The second-order valence-electron chi connectivity index (χ2n) is 9.16. The van der Waals surface area contributed by atoms with E-state index in [2.05, 4.69) is 13.8 Å². The summed E-state index contributed by atoms with van der Waals surface area (Å²) in [5.41, 5.74) is -21.2. The Morgan fingerprint density at radius 2 is 0.821 bits per heavy atom. The van der Waals surface area contributed by atoms with Crippen molar-refractivity contribution in [1.82, 2.24) is 0 Å². The average Bonchev–Trinajstić information content (AvgIpc) is 3.21. The smallest absolute Gasteiger partial charge is 0.324 e. The fourth-order valence-electron chi connectivity index (χ4n) is 4.03. The van der Waals surface area contributed by atoms with Crippen LogP contribution in [-0.2, 0) is 29.5 Å². The summed E-state index contributed by atoms with van der Waals surface area (Å²) in [4.78, 5) is 0. The van der Waals surface area contributed by atoms with Crippen molar-refractivity contribution in [2.75, 3.05) is 26.2 Å². The SMILES string of the molecule is CCCCCC[N+]1(CCCCCC)CCCC1.O=S(=O)([C-](S(=O)(=O)C(F)(F)F)S(=O)(=O)C(F)(F)F)C(F)(F)F. The van der Waals surface area contributed by atoms with Crippen LogP contribution in [0.2, 0.25) is 0 Å². The van der Waals surface area contributed by atoms with Crippen molar-refractivity contribution < 1.29 is 69.3 Å². The predicted octanol–water partition coefficient (Wildman–Crippen LogP) is 5.99. The second kappa shape index (κ2) is 14.4. The van der Waals surface area contributed by atoms with Gasteiger partial charge in [-0.3, -0.25) is 25.3 Å². The third-order valence-corrected chi connectivity index (χ3v) is 13.2. The van der Waals surface area contributed by atoms with Crippen molar-refractivity contribution in [2.24, 2.45) is 0 Å². The molecule has 39 heavy (non-hydrogen) atoms. The third kappa shape index (κ3) is 10.2. The van der Waals surface area contributed by atoms with Gasteiger partial charge in [0.1, 0.15) is 0 Å². The zero-order valence-corrected chi connectivity index (χ0v) is 23.9. The van der Waals surface area contributed by atoms with Gasteiger partial charge in [0.15, 0.2) is 29.5 Å².